The number of ether oxygens (including phenoxy) is 1. The molecule has 1 N–H and O–H groups in total. The van der Waals surface area contributed by atoms with Gasteiger partial charge in [-0.1, -0.05) is 11.8 Å². The van der Waals surface area contributed by atoms with Crippen LogP contribution in [-0.2, 0) is 4.74 Å². The normalized spacial score (nSPS) is 25.1. The van der Waals surface area contributed by atoms with E-state index in [0.29, 0.717) is 0 Å². The number of thioether (sulfide) groups is 1. The fourth-order valence-electron chi connectivity index (χ4n) is 2.92. The summed E-state index contributed by atoms with van der Waals surface area (Å²) in [6, 6.07) is 2.23. The maximum atomic E-state index is 5.60. The number of aliphatic imine (C=N–C) groups is 1. The van der Waals surface area contributed by atoms with Crippen LogP contribution in [0.2, 0.25) is 0 Å². The van der Waals surface area contributed by atoms with Gasteiger partial charge >= 0.3 is 0 Å². The lowest BCUT2D eigenvalue weighted by Crippen LogP contribution is -2.48. The molecule has 2 fully saturated rings. The Hall–Kier alpha value is -0.940. The Morgan fingerprint density at radius 1 is 1.35 bits per heavy atom. The van der Waals surface area contributed by atoms with Crippen molar-refractivity contribution in [1.29, 1.82) is 0 Å². The highest BCUT2D eigenvalue weighted by atomic mass is 32.2. The van der Waals surface area contributed by atoms with Crippen LogP contribution >= 0.6 is 11.8 Å². The highest BCUT2D eigenvalue weighted by Crippen LogP contribution is 2.33. The fourth-order valence-corrected chi connectivity index (χ4v) is 4.21. The lowest BCUT2D eigenvalue weighted by molar-refractivity contribution is 0.0555. The van der Waals surface area contributed by atoms with Crippen molar-refractivity contribution in [3.63, 3.8) is 0 Å². The van der Waals surface area contributed by atoms with Crippen LogP contribution in [0.5, 0.6) is 0 Å². The van der Waals surface area contributed by atoms with Gasteiger partial charge in [-0.3, -0.25) is 4.99 Å². The van der Waals surface area contributed by atoms with Crippen LogP contribution in [0.4, 0.5) is 0 Å². The zero-order valence-electron chi connectivity index (χ0n) is 12.4. The van der Waals surface area contributed by atoms with E-state index in [9.17, 15) is 0 Å². The van der Waals surface area contributed by atoms with Gasteiger partial charge in [-0.15, -0.1) is 0 Å². The molecule has 110 valence electrons. The Bertz CT molecular complexity index is 518. The van der Waals surface area contributed by atoms with E-state index in [4.69, 9.17) is 14.1 Å². The predicted molar refractivity (Wildman–Crippen MR) is 82.4 cm³/mol. The monoisotopic (exact) mass is 294 g/mol. The molecule has 0 saturated carbocycles. The van der Waals surface area contributed by atoms with Gasteiger partial charge < -0.3 is 14.5 Å². The lowest BCUT2D eigenvalue weighted by Gasteiger charge is -2.32. The van der Waals surface area contributed by atoms with E-state index in [1.165, 1.54) is 5.56 Å². The summed E-state index contributed by atoms with van der Waals surface area (Å²) in [4.78, 5) is 4.84. The molecule has 0 radical (unpaired) electrons. The number of rotatable bonds is 2. The van der Waals surface area contributed by atoms with Gasteiger partial charge in [0.05, 0.1) is 11.6 Å². The summed E-state index contributed by atoms with van der Waals surface area (Å²) >= 11 is 1.84. The molecule has 1 atom stereocenters. The SMILES string of the molecule is Cc1cc(C(C)N=C2NC3(CCOCC3)CS2)c(C)o1. The van der Waals surface area contributed by atoms with E-state index in [1.807, 2.05) is 25.6 Å². The molecular weight excluding hydrogens is 272 g/mol. The Balaban J connectivity index is 1.72. The van der Waals surface area contributed by atoms with Crippen LogP contribution in [0.3, 0.4) is 0 Å². The molecule has 2 aliphatic heterocycles. The largest absolute Gasteiger partial charge is 0.466 e. The molecule has 20 heavy (non-hydrogen) atoms. The zero-order chi connectivity index (χ0) is 14.2. The first kappa shape index (κ1) is 14.0. The van der Waals surface area contributed by atoms with Crippen molar-refractivity contribution in [3.05, 3.63) is 23.2 Å². The molecule has 3 heterocycles. The maximum Gasteiger partial charge on any atom is 0.157 e. The third kappa shape index (κ3) is 2.74. The molecule has 0 amide bonds. The van der Waals surface area contributed by atoms with Gasteiger partial charge in [0.2, 0.25) is 0 Å². The Morgan fingerprint density at radius 2 is 2.10 bits per heavy atom. The topological polar surface area (TPSA) is 46.8 Å². The fraction of sp³-hybridized carbons (Fsp3) is 0.667. The number of hydrogen-bond donors (Lipinski definition) is 1. The summed E-state index contributed by atoms with van der Waals surface area (Å²) in [7, 11) is 0. The van der Waals surface area contributed by atoms with Crippen LogP contribution in [-0.4, -0.2) is 29.7 Å². The second-order valence-electron chi connectivity index (χ2n) is 5.79. The van der Waals surface area contributed by atoms with Gasteiger partial charge in [-0.25, -0.2) is 0 Å². The molecule has 1 aromatic heterocycles. The van der Waals surface area contributed by atoms with E-state index in [0.717, 1.165) is 48.5 Å². The van der Waals surface area contributed by atoms with E-state index in [-0.39, 0.29) is 11.6 Å². The molecule has 2 saturated heterocycles. The van der Waals surface area contributed by atoms with Gasteiger partial charge in [0.25, 0.3) is 0 Å². The van der Waals surface area contributed by atoms with Crippen molar-refractivity contribution < 1.29 is 9.15 Å². The van der Waals surface area contributed by atoms with E-state index in [2.05, 4.69) is 18.3 Å². The minimum absolute atomic E-state index is 0.137. The summed E-state index contributed by atoms with van der Waals surface area (Å²) in [6.45, 7) is 7.83. The van der Waals surface area contributed by atoms with Crippen LogP contribution in [0.15, 0.2) is 15.5 Å². The molecule has 3 rings (SSSR count). The molecule has 0 aromatic carbocycles. The maximum absolute atomic E-state index is 5.60. The number of furan rings is 1. The summed E-state index contributed by atoms with van der Waals surface area (Å²) < 4.78 is 11.1. The summed E-state index contributed by atoms with van der Waals surface area (Å²) in [5.41, 5.74) is 1.40. The number of amidine groups is 1. The van der Waals surface area contributed by atoms with Gasteiger partial charge in [0.15, 0.2) is 5.17 Å². The highest BCUT2D eigenvalue weighted by Gasteiger charge is 2.38. The van der Waals surface area contributed by atoms with Crippen molar-refractivity contribution in [2.24, 2.45) is 4.99 Å². The highest BCUT2D eigenvalue weighted by molar-refractivity contribution is 8.14. The summed E-state index contributed by atoms with van der Waals surface area (Å²) in [6.07, 6.45) is 2.16. The van der Waals surface area contributed by atoms with Crippen LogP contribution in [0.25, 0.3) is 0 Å². The molecular formula is C15H22N2O2S. The van der Waals surface area contributed by atoms with Crippen molar-refractivity contribution in [3.8, 4) is 0 Å². The number of hydrogen-bond acceptors (Lipinski definition) is 4. The van der Waals surface area contributed by atoms with Crippen LogP contribution in [0, 0.1) is 13.8 Å². The third-order valence-electron chi connectivity index (χ3n) is 4.15. The minimum Gasteiger partial charge on any atom is -0.466 e. The first-order valence-corrected chi connectivity index (χ1v) is 8.20. The summed E-state index contributed by atoms with van der Waals surface area (Å²) in [5.74, 6) is 3.03. The van der Waals surface area contributed by atoms with Crippen LogP contribution in [0.1, 0.15) is 42.9 Å². The zero-order valence-corrected chi connectivity index (χ0v) is 13.2. The average Bonchev–Trinajstić information content (AvgIpc) is 2.94. The van der Waals surface area contributed by atoms with Gasteiger partial charge in [0, 0.05) is 24.5 Å². The van der Waals surface area contributed by atoms with Gasteiger partial charge in [-0.05, 0) is 39.7 Å². The molecule has 5 heteroatoms. The standard InChI is InChI=1S/C15H22N2O2S/c1-10-8-13(12(3)19-10)11(2)16-14-17-15(9-20-14)4-6-18-7-5-15/h8,11H,4-7,9H2,1-3H3,(H,16,17). The van der Waals surface area contributed by atoms with Gasteiger partial charge in [0.1, 0.15) is 11.5 Å². The van der Waals surface area contributed by atoms with Crippen molar-refractivity contribution >= 4 is 16.9 Å². The van der Waals surface area contributed by atoms with Crippen molar-refractivity contribution in [2.45, 2.75) is 45.2 Å². The van der Waals surface area contributed by atoms with Gasteiger partial charge in [-0.2, -0.15) is 0 Å². The second kappa shape index (κ2) is 5.45. The molecule has 1 aromatic rings. The van der Waals surface area contributed by atoms with E-state index >= 15 is 0 Å². The molecule has 2 aliphatic rings. The smallest absolute Gasteiger partial charge is 0.157 e. The Labute approximate surface area is 124 Å². The minimum atomic E-state index is 0.137. The first-order valence-electron chi connectivity index (χ1n) is 7.21. The lowest BCUT2D eigenvalue weighted by atomic mass is 9.93. The number of nitrogens with zero attached hydrogens (tertiary/aromatic N) is 1. The predicted octanol–water partition coefficient (Wildman–Crippen LogP) is 3.20. The van der Waals surface area contributed by atoms with Crippen LogP contribution < -0.4 is 5.32 Å². The Kier molecular flexibility index (Phi) is 3.82. The Morgan fingerprint density at radius 3 is 2.75 bits per heavy atom. The number of nitrogens with one attached hydrogen (secondary N) is 1. The molecule has 0 bridgehead atoms. The average molecular weight is 294 g/mol. The van der Waals surface area contributed by atoms with Crippen molar-refractivity contribution in [1.82, 2.24) is 5.32 Å². The molecule has 1 spiro atoms. The third-order valence-corrected chi connectivity index (χ3v) is 5.33. The molecule has 1 unspecified atom stereocenters. The summed E-state index contributed by atoms with van der Waals surface area (Å²) in [5, 5.41) is 4.70. The van der Waals surface area contributed by atoms with E-state index < -0.39 is 0 Å². The molecule has 4 nitrogen and oxygen atoms in total. The first-order chi connectivity index (χ1) is 9.58. The van der Waals surface area contributed by atoms with E-state index in [1.54, 1.807) is 0 Å². The molecule has 0 aliphatic carbocycles. The number of aryl methyl sites for hydroxylation is 2. The quantitative estimate of drug-likeness (QED) is 0.910. The second-order valence-corrected chi connectivity index (χ2v) is 6.75. The van der Waals surface area contributed by atoms with Crippen molar-refractivity contribution in [2.75, 3.05) is 19.0 Å².